The molecule has 0 aliphatic rings. The summed E-state index contributed by atoms with van der Waals surface area (Å²) in [5.74, 6) is 2.47. The van der Waals surface area contributed by atoms with Gasteiger partial charge in [0.25, 0.3) is 10.5 Å². The molecule has 0 aromatic heterocycles. The van der Waals surface area contributed by atoms with Crippen LogP contribution in [-0.2, 0) is 0 Å². The van der Waals surface area contributed by atoms with Crippen molar-refractivity contribution in [1.82, 2.24) is 0 Å². The molecule has 2 aromatic rings. The van der Waals surface area contributed by atoms with Crippen molar-refractivity contribution in [1.29, 1.82) is 0 Å². The van der Waals surface area contributed by atoms with E-state index in [4.69, 9.17) is 29.6 Å². The molecular weight excluding hydrogens is 271 g/mol. The fourth-order valence-corrected chi connectivity index (χ4v) is 1.94. The zero-order valence-corrected chi connectivity index (χ0v) is 10.5. The molecule has 0 amide bonds. The van der Waals surface area contributed by atoms with Crippen LogP contribution in [0.3, 0.4) is 0 Å². The fraction of sp³-hybridized carbons (Fsp3) is 0. The number of carbonyl (C=O) groups excluding carboxylic acids is 2. The van der Waals surface area contributed by atoms with Crippen molar-refractivity contribution in [2.24, 2.45) is 0 Å². The maximum atomic E-state index is 11.2. The van der Waals surface area contributed by atoms with Gasteiger partial charge < -0.3 is 0 Å². The van der Waals surface area contributed by atoms with E-state index in [1.165, 1.54) is 6.07 Å². The lowest BCUT2D eigenvalue weighted by molar-refractivity contribution is 0.107. The van der Waals surface area contributed by atoms with Crippen molar-refractivity contribution in [2.75, 3.05) is 0 Å². The molecule has 0 aliphatic heterocycles. The summed E-state index contributed by atoms with van der Waals surface area (Å²) < 4.78 is 0. The van der Waals surface area contributed by atoms with Crippen LogP contribution < -0.4 is 0 Å². The van der Waals surface area contributed by atoms with Crippen molar-refractivity contribution in [3.05, 3.63) is 47.0 Å². The third-order valence-corrected chi connectivity index (χ3v) is 3.00. The molecule has 18 heavy (non-hydrogen) atoms. The Morgan fingerprint density at radius 2 is 1.67 bits per heavy atom. The fourth-order valence-electron chi connectivity index (χ4n) is 1.71. The number of benzene rings is 2. The van der Waals surface area contributed by atoms with Crippen LogP contribution in [0.5, 0.6) is 0 Å². The first-order valence-electron chi connectivity index (χ1n) is 4.97. The topological polar surface area (TPSA) is 34.1 Å². The van der Waals surface area contributed by atoms with Gasteiger partial charge in [-0.3, -0.25) is 9.59 Å². The normalized spacial score (nSPS) is 10.1. The zero-order chi connectivity index (χ0) is 13.3. The standard InChI is InChI=1S/C14H6Cl2O2/c1-2-8-5-11(14(16)18)6-9-3-4-10(13(15)17)7-12(8)9/h1,3-7H. The number of carbonyl (C=O) groups is 2. The number of fused-ring (bicyclic) bond motifs is 1. The van der Waals surface area contributed by atoms with Gasteiger partial charge in [-0.05, 0) is 58.2 Å². The lowest BCUT2D eigenvalue weighted by Gasteiger charge is -2.05. The quantitative estimate of drug-likeness (QED) is 0.621. The molecule has 4 heteroatoms. The van der Waals surface area contributed by atoms with Crippen LogP contribution in [0.25, 0.3) is 10.8 Å². The molecule has 2 nitrogen and oxygen atoms in total. The number of terminal acetylenes is 1. The Hall–Kier alpha value is -1.82. The van der Waals surface area contributed by atoms with Crippen LogP contribution in [0.1, 0.15) is 26.3 Å². The summed E-state index contributed by atoms with van der Waals surface area (Å²) in [6, 6.07) is 7.98. The Bertz CT molecular complexity index is 712. The molecule has 0 radical (unpaired) electrons. The SMILES string of the molecule is C#Cc1cc(C(=O)Cl)cc2ccc(C(=O)Cl)cc12. The van der Waals surface area contributed by atoms with E-state index in [1.807, 2.05) is 0 Å². The second kappa shape index (κ2) is 4.81. The molecule has 2 aromatic carbocycles. The van der Waals surface area contributed by atoms with Gasteiger partial charge in [-0.1, -0.05) is 12.0 Å². The van der Waals surface area contributed by atoms with Crippen LogP contribution >= 0.6 is 23.2 Å². The van der Waals surface area contributed by atoms with Gasteiger partial charge in [0.15, 0.2) is 0 Å². The first-order chi connectivity index (χ1) is 8.52. The second-order valence-corrected chi connectivity index (χ2v) is 4.34. The number of halogens is 2. The zero-order valence-electron chi connectivity index (χ0n) is 9.04. The summed E-state index contributed by atoms with van der Waals surface area (Å²) >= 11 is 10.8. The first kappa shape index (κ1) is 12.6. The van der Waals surface area contributed by atoms with E-state index >= 15 is 0 Å². The molecular formula is C14H6Cl2O2. The van der Waals surface area contributed by atoms with E-state index in [1.54, 1.807) is 24.3 Å². The second-order valence-electron chi connectivity index (χ2n) is 3.65. The molecule has 0 unspecified atom stereocenters. The van der Waals surface area contributed by atoms with Crippen LogP contribution in [0.4, 0.5) is 0 Å². The Labute approximate surface area is 114 Å². The summed E-state index contributed by atoms with van der Waals surface area (Å²) in [6.07, 6.45) is 5.39. The molecule has 0 N–H and O–H groups in total. The Balaban J connectivity index is 2.80. The summed E-state index contributed by atoms with van der Waals surface area (Å²) in [6.45, 7) is 0. The average molecular weight is 277 g/mol. The molecule has 0 bridgehead atoms. The Kier molecular flexibility index (Phi) is 3.38. The highest BCUT2D eigenvalue weighted by Gasteiger charge is 2.09. The summed E-state index contributed by atoms with van der Waals surface area (Å²) in [7, 11) is 0. The third kappa shape index (κ3) is 2.24. The van der Waals surface area contributed by atoms with E-state index in [-0.39, 0.29) is 0 Å². The predicted octanol–water partition coefficient (Wildman–Crippen LogP) is 3.58. The summed E-state index contributed by atoms with van der Waals surface area (Å²) in [5.41, 5.74) is 1.17. The average Bonchev–Trinajstić information content (AvgIpc) is 2.36. The largest absolute Gasteiger partial charge is 0.276 e. The maximum Gasteiger partial charge on any atom is 0.252 e. The molecule has 0 saturated carbocycles. The van der Waals surface area contributed by atoms with E-state index in [9.17, 15) is 9.59 Å². The van der Waals surface area contributed by atoms with Gasteiger partial charge in [0.05, 0.1) is 0 Å². The highest BCUT2D eigenvalue weighted by atomic mass is 35.5. The molecule has 88 valence electrons. The van der Waals surface area contributed by atoms with E-state index in [0.29, 0.717) is 22.1 Å². The van der Waals surface area contributed by atoms with Gasteiger partial charge in [0.1, 0.15) is 0 Å². The first-order valence-corrected chi connectivity index (χ1v) is 5.72. The number of hydrogen-bond acceptors (Lipinski definition) is 2. The smallest absolute Gasteiger partial charge is 0.252 e. The monoisotopic (exact) mass is 276 g/mol. The van der Waals surface area contributed by atoms with Crippen molar-refractivity contribution < 1.29 is 9.59 Å². The summed E-state index contributed by atoms with van der Waals surface area (Å²) in [4.78, 5) is 22.3. The van der Waals surface area contributed by atoms with Crippen molar-refractivity contribution >= 4 is 44.5 Å². The minimum atomic E-state index is -0.578. The van der Waals surface area contributed by atoms with Crippen molar-refractivity contribution in [3.63, 3.8) is 0 Å². The molecule has 2 rings (SSSR count). The van der Waals surface area contributed by atoms with Crippen LogP contribution in [0, 0.1) is 12.3 Å². The third-order valence-electron chi connectivity index (χ3n) is 2.56. The van der Waals surface area contributed by atoms with Gasteiger partial charge in [-0.2, -0.15) is 0 Å². The lowest BCUT2D eigenvalue weighted by Crippen LogP contribution is -1.94. The summed E-state index contributed by atoms with van der Waals surface area (Å²) in [5, 5.41) is 0.282. The lowest BCUT2D eigenvalue weighted by atomic mass is 10.00. The van der Waals surface area contributed by atoms with Crippen molar-refractivity contribution in [2.45, 2.75) is 0 Å². The number of hydrogen-bond donors (Lipinski definition) is 0. The van der Waals surface area contributed by atoms with Crippen LogP contribution in [-0.4, -0.2) is 10.5 Å². The maximum absolute atomic E-state index is 11.2. The molecule has 0 spiro atoms. The van der Waals surface area contributed by atoms with Crippen LogP contribution in [0.2, 0.25) is 0 Å². The van der Waals surface area contributed by atoms with Gasteiger partial charge in [-0.25, -0.2) is 0 Å². The highest BCUT2D eigenvalue weighted by Crippen LogP contribution is 2.23. The van der Waals surface area contributed by atoms with E-state index < -0.39 is 10.5 Å². The van der Waals surface area contributed by atoms with Crippen LogP contribution in [0.15, 0.2) is 30.3 Å². The molecule has 0 fully saturated rings. The van der Waals surface area contributed by atoms with Gasteiger partial charge in [0, 0.05) is 16.7 Å². The molecule has 0 saturated heterocycles. The van der Waals surface area contributed by atoms with E-state index in [2.05, 4.69) is 5.92 Å². The van der Waals surface area contributed by atoms with Gasteiger partial charge in [0.2, 0.25) is 0 Å². The predicted molar refractivity (Wildman–Crippen MR) is 72.3 cm³/mol. The Morgan fingerprint density at radius 3 is 2.22 bits per heavy atom. The molecule has 0 aliphatic carbocycles. The number of rotatable bonds is 2. The van der Waals surface area contributed by atoms with Gasteiger partial charge in [-0.15, -0.1) is 6.42 Å². The highest BCUT2D eigenvalue weighted by molar-refractivity contribution is 6.68. The Morgan fingerprint density at radius 1 is 1.00 bits per heavy atom. The van der Waals surface area contributed by atoms with Crippen molar-refractivity contribution in [3.8, 4) is 12.3 Å². The minimum Gasteiger partial charge on any atom is -0.276 e. The minimum absolute atomic E-state index is 0.321. The molecule has 0 atom stereocenters. The molecule has 0 heterocycles. The van der Waals surface area contributed by atoms with Gasteiger partial charge >= 0.3 is 0 Å². The van der Waals surface area contributed by atoms with E-state index in [0.717, 1.165) is 5.39 Å².